The van der Waals surface area contributed by atoms with Crippen molar-refractivity contribution in [3.05, 3.63) is 54.1 Å². The van der Waals surface area contributed by atoms with E-state index < -0.39 is 0 Å². The van der Waals surface area contributed by atoms with Gasteiger partial charge in [0.05, 0.1) is 11.9 Å². The lowest BCUT2D eigenvalue weighted by Crippen LogP contribution is -1.89. The maximum atomic E-state index is 4.23. The molecule has 4 nitrogen and oxygen atoms in total. The summed E-state index contributed by atoms with van der Waals surface area (Å²) in [6.45, 7) is 0. The highest BCUT2D eigenvalue weighted by atomic mass is 15.1. The Bertz CT molecular complexity index is 600. The van der Waals surface area contributed by atoms with Crippen LogP contribution in [-0.4, -0.2) is 20.2 Å². The van der Waals surface area contributed by atoms with Gasteiger partial charge in [0.15, 0.2) is 0 Å². The molecule has 0 bridgehead atoms. The van der Waals surface area contributed by atoms with Crippen molar-refractivity contribution < 1.29 is 0 Å². The quantitative estimate of drug-likeness (QED) is 0.703. The average Bonchev–Trinajstić information content (AvgIpc) is 2.74. The highest BCUT2D eigenvalue weighted by molar-refractivity contribution is 5.75. The number of nitrogens with zero attached hydrogens (tertiary/aromatic N) is 3. The molecule has 0 fully saturated rings. The van der Waals surface area contributed by atoms with E-state index in [-0.39, 0.29) is 0 Å². The van der Waals surface area contributed by atoms with Gasteiger partial charge in [0, 0.05) is 6.42 Å². The summed E-state index contributed by atoms with van der Waals surface area (Å²) in [6.07, 6.45) is 4.08. The van der Waals surface area contributed by atoms with Gasteiger partial charge in [-0.25, -0.2) is 9.97 Å². The SMILES string of the molecule is c1ccc(Cc2[nH]nc3cncnc23)cc1. The molecule has 1 aromatic carbocycles. The average molecular weight is 210 g/mol. The number of hydrogen-bond donors (Lipinski definition) is 1. The monoisotopic (exact) mass is 210 g/mol. The second-order valence-corrected chi connectivity index (χ2v) is 3.62. The first-order valence-electron chi connectivity index (χ1n) is 5.10. The number of hydrogen-bond acceptors (Lipinski definition) is 3. The highest BCUT2D eigenvalue weighted by Gasteiger charge is 2.06. The lowest BCUT2D eigenvalue weighted by Gasteiger charge is -1.97. The molecule has 2 heterocycles. The first-order valence-corrected chi connectivity index (χ1v) is 5.10. The van der Waals surface area contributed by atoms with Gasteiger partial charge in [0.25, 0.3) is 0 Å². The second-order valence-electron chi connectivity index (χ2n) is 3.62. The fraction of sp³-hybridized carbons (Fsp3) is 0.0833. The molecule has 3 aromatic rings. The van der Waals surface area contributed by atoms with Gasteiger partial charge in [0.1, 0.15) is 17.4 Å². The van der Waals surface area contributed by atoms with Gasteiger partial charge in [-0.15, -0.1) is 0 Å². The predicted octanol–water partition coefficient (Wildman–Crippen LogP) is 1.94. The molecule has 0 atom stereocenters. The van der Waals surface area contributed by atoms with Crippen LogP contribution in [0.25, 0.3) is 11.0 Å². The predicted molar refractivity (Wildman–Crippen MR) is 60.9 cm³/mol. The Morgan fingerprint density at radius 2 is 2.00 bits per heavy atom. The Hall–Kier alpha value is -2.23. The normalized spacial score (nSPS) is 10.8. The molecule has 3 rings (SSSR count). The zero-order valence-corrected chi connectivity index (χ0v) is 8.59. The maximum Gasteiger partial charge on any atom is 0.129 e. The second kappa shape index (κ2) is 3.73. The van der Waals surface area contributed by atoms with Gasteiger partial charge in [-0.05, 0) is 5.56 Å². The zero-order chi connectivity index (χ0) is 10.8. The Balaban J connectivity index is 2.01. The minimum Gasteiger partial charge on any atom is -0.279 e. The molecule has 78 valence electrons. The van der Waals surface area contributed by atoms with Crippen molar-refractivity contribution in [2.75, 3.05) is 0 Å². The van der Waals surface area contributed by atoms with E-state index in [0.29, 0.717) is 0 Å². The molecule has 2 aromatic heterocycles. The topological polar surface area (TPSA) is 54.5 Å². The number of H-pyrrole nitrogens is 1. The fourth-order valence-electron chi connectivity index (χ4n) is 1.74. The third-order valence-electron chi connectivity index (χ3n) is 2.51. The van der Waals surface area contributed by atoms with E-state index in [4.69, 9.17) is 0 Å². The summed E-state index contributed by atoms with van der Waals surface area (Å²) in [5.41, 5.74) is 3.99. The molecular formula is C12H10N4. The minimum atomic E-state index is 0.813. The van der Waals surface area contributed by atoms with Gasteiger partial charge in [-0.2, -0.15) is 5.10 Å². The molecule has 0 aliphatic rings. The first-order chi connectivity index (χ1) is 7.93. The van der Waals surface area contributed by atoms with Gasteiger partial charge >= 0.3 is 0 Å². The van der Waals surface area contributed by atoms with Crippen molar-refractivity contribution >= 4 is 11.0 Å². The van der Waals surface area contributed by atoms with Crippen LogP contribution in [0.1, 0.15) is 11.3 Å². The number of nitrogens with one attached hydrogen (secondary N) is 1. The van der Waals surface area contributed by atoms with Crippen LogP contribution in [0.2, 0.25) is 0 Å². The van der Waals surface area contributed by atoms with E-state index >= 15 is 0 Å². The van der Waals surface area contributed by atoms with Crippen LogP contribution in [0.15, 0.2) is 42.9 Å². The first kappa shape index (κ1) is 9.03. The van der Waals surface area contributed by atoms with E-state index in [0.717, 1.165) is 23.1 Å². The molecule has 0 unspecified atom stereocenters. The molecule has 0 amide bonds. The molecule has 0 radical (unpaired) electrons. The molecular weight excluding hydrogens is 200 g/mol. The fourth-order valence-corrected chi connectivity index (χ4v) is 1.74. The summed E-state index contributed by atoms with van der Waals surface area (Å²) in [5.74, 6) is 0. The van der Waals surface area contributed by atoms with Crippen LogP contribution in [0.5, 0.6) is 0 Å². The van der Waals surface area contributed by atoms with Crippen molar-refractivity contribution in [2.24, 2.45) is 0 Å². The van der Waals surface area contributed by atoms with Crippen LogP contribution >= 0.6 is 0 Å². The van der Waals surface area contributed by atoms with E-state index in [2.05, 4.69) is 32.3 Å². The molecule has 0 aliphatic carbocycles. The molecule has 4 heteroatoms. The number of aromatic amines is 1. The standard InChI is InChI=1S/C12H10N4/c1-2-4-9(5-3-1)6-10-12-11(16-15-10)7-13-8-14-12/h1-5,7-8H,6H2,(H,15,16). The van der Waals surface area contributed by atoms with Crippen molar-refractivity contribution in [1.82, 2.24) is 20.2 Å². The Kier molecular flexibility index (Phi) is 2.11. The van der Waals surface area contributed by atoms with E-state index in [1.54, 1.807) is 12.5 Å². The third kappa shape index (κ3) is 1.54. The van der Waals surface area contributed by atoms with Crippen molar-refractivity contribution in [2.45, 2.75) is 6.42 Å². The van der Waals surface area contributed by atoms with Crippen molar-refractivity contribution in [1.29, 1.82) is 0 Å². The van der Waals surface area contributed by atoms with Crippen LogP contribution in [0.3, 0.4) is 0 Å². The number of fused-ring (bicyclic) bond motifs is 1. The van der Waals surface area contributed by atoms with Crippen molar-refractivity contribution in [3.8, 4) is 0 Å². The van der Waals surface area contributed by atoms with Crippen LogP contribution in [0, 0.1) is 0 Å². The summed E-state index contributed by atoms with van der Waals surface area (Å²) in [6, 6.07) is 10.3. The van der Waals surface area contributed by atoms with Gasteiger partial charge in [-0.3, -0.25) is 5.10 Å². The molecule has 16 heavy (non-hydrogen) atoms. The third-order valence-corrected chi connectivity index (χ3v) is 2.51. The Labute approximate surface area is 92.4 Å². The molecule has 0 spiro atoms. The van der Waals surface area contributed by atoms with Gasteiger partial charge in [0.2, 0.25) is 0 Å². The lowest BCUT2D eigenvalue weighted by atomic mass is 10.1. The maximum absolute atomic E-state index is 4.23. The van der Waals surface area contributed by atoms with E-state index in [1.807, 2.05) is 18.2 Å². The van der Waals surface area contributed by atoms with E-state index in [1.165, 1.54) is 5.56 Å². The van der Waals surface area contributed by atoms with Gasteiger partial charge < -0.3 is 0 Å². The smallest absolute Gasteiger partial charge is 0.129 e. The summed E-state index contributed by atoms with van der Waals surface area (Å²) in [7, 11) is 0. The summed E-state index contributed by atoms with van der Waals surface area (Å²) < 4.78 is 0. The Morgan fingerprint density at radius 3 is 2.88 bits per heavy atom. The lowest BCUT2D eigenvalue weighted by molar-refractivity contribution is 1.01. The van der Waals surface area contributed by atoms with Crippen LogP contribution < -0.4 is 0 Å². The highest BCUT2D eigenvalue weighted by Crippen LogP contribution is 2.14. The summed E-state index contributed by atoms with van der Waals surface area (Å²) in [5, 5.41) is 7.17. The Morgan fingerprint density at radius 1 is 1.12 bits per heavy atom. The molecule has 0 aliphatic heterocycles. The molecule has 0 saturated heterocycles. The number of aromatic nitrogens is 4. The largest absolute Gasteiger partial charge is 0.279 e. The summed E-state index contributed by atoms with van der Waals surface area (Å²) >= 11 is 0. The van der Waals surface area contributed by atoms with Crippen LogP contribution in [-0.2, 0) is 6.42 Å². The zero-order valence-electron chi connectivity index (χ0n) is 8.59. The molecule has 0 saturated carbocycles. The number of rotatable bonds is 2. The van der Waals surface area contributed by atoms with Gasteiger partial charge in [-0.1, -0.05) is 30.3 Å². The van der Waals surface area contributed by atoms with Crippen LogP contribution in [0.4, 0.5) is 0 Å². The molecule has 1 N–H and O–H groups in total. The van der Waals surface area contributed by atoms with Crippen molar-refractivity contribution in [3.63, 3.8) is 0 Å². The minimum absolute atomic E-state index is 0.813. The van der Waals surface area contributed by atoms with E-state index in [9.17, 15) is 0 Å². The summed E-state index contributed by atoms with van der Waals surface area (Å²) in [4.78, 5) is 8.17. The number of benzene rings is 1.